The van der Waals surface area contributed by atoms with Crippen LogP contribution in [0.2, 0.25) is 0 Å². The van der Waals surface area contributed by atoms with Gasteiger partial charge in [0.1, 0.15) is 0 Å². The summed E-state index contributed by atoms with van der Waals surface area (Å²) in [7, 11) is 3.17. The van der Waals surface area contributed by atoms with Crippen LogP contribution in [0.15, 0.2) is 24.8 Å². The van der Waals surface area contributed by atoms with Crippen LogP contribution in [0.3, 0.4) is 0 Å². The van der Waals surface area contributed by atoms with Crippen LogP contribution in [0.5, 0.6) is 11.5 Å². The van der Waals surface area contributed by atoms with Crippen LogP contribution < -0.4 is 20.5 Å². The van der Waals surface area contributed by atoms with Crippen molar-refractivity contribution in [3.05, 3.63) is 24.8 Å². The first kappa shape index (κ1) is 12.2. The molecule has 0 amide bonds. The molecule has 0 aromatic heterocycles. The summed E-state index contributed by atoms with van der Waals surface area (Å²) in [5.41, 5.74) is 7.32. The normalized spacial score (nSPS) is 11.7. The van der Waals surface area contributed by atoms with Crippen molar-refractivity contribution >= 4 is 11.4 Å². The molecule has 88 valence electrons. The first-order valence-corrected chi connectivity index (χ1v) is 5.03. The Morgan fingerprint density at radius 2 is 1.88 bits per heavy atom. The highest BCUT2D eigenvalue weighted by molar-refractivity contribution is 5.72. The van der Waals surface area contributed by atoms with E-state index >= 15 is 0 Å². The van der Waals surface area contributed by atoms with Gasteiger partial charge in [-0.1, -0.05) is 6.08 Å². The second kappa shape index (κ2) is 5.30. The maximum atomic E-state index is 5.89. The summed E-state index contributed by atoms with van der Waals surface area (Å²) in [6.07, 6.45) is 1.80. The molecule has 0 aliphatic carbocycles. The highest BCUT2D eigenvalue weighted by Gasteiger charge is 2.09. The third-order valence-corrected chi connectivity index (χ3v) is 2.29. The second-order valence-corrected chi connectivity index (χ2v) is 3.46. The van der Waals surface area contributed by atoms with Crippen molar-refractivity contribution in [2.45, 2.75) is 13.0 Å². The van der Waals surface area contributed by atoms with E-state index in [2.05, 4.69) is 11.9 Å². The van der Waals surface area contributed by atoms with Crippen LogP contribution in [-0.2, 0) is 0 Å². The highest BCUT2D eigenvalue weighted by Crippen LogP contribution is 2.35. The van der Waals surface area contributed by atoms with Gasteiger partial charge >= 0.3 is 0 Å². The number of nitrogen functional groups attached to an aromatic ring is 1. The van der Waals surface area contributed by atoms with Gasteiger partial charge in [-0.15, -0.1) is 6.58 Å². The van der Waals surface area contributed by atoms with E-state index < -0.39 is 0 Å². The maximum absolute atomic E-state index is 5.89. The van der Waals surface area contributed by atoms with E-state index in [4.69, 9.17) is 15.2 Å². The van der Waals surface area contributed by atoms with Crippen molar-refractivity contribution in [1.29, 1.82) is 0 Å². The number of rotatable bonds is 5. The van der Waals surface area contributed by atoms with E-state index in [1.165, 1.54) is 0 Å². The van der Waals surface area contributed by atoms with Crippen LogP contribution in [0.25, 0.3) is 0 Å². The van der Waals surface area contributed by atoms with E-state index in [-0.39, 0.29) is 6.04 Å². The lowest BCUT2D eigenvalue weighted by molar-refractivity contribution is 0.355. The molecule has 1 aromatic rings. The van der Waals surface area contributed by atoms with Gasteiger partial charge in [0.15, 0.2) is 11.5 Å². The van der Waals surface area contributed by atoms with Gasteiger partial charge in [-0.05, 0) is 6.92 Å². The van der Waals surface area contributed by atoms with Gasteiger partial charge in [0, 0.05) is 18.2 Å². The van der Waals surface area contributed by atoms with Crippen LogP contribution in [0.1, 0.15) is 6.92 Å². The maximum Gasteiger partial charge on any atom is 0.162 e. The predicted octanol–water partition coefficient (Wildman–Crippen LogP) is 2.27. The molecular weight excluding hydrogens is 204 g/mol. The zero-order chi connectivity index (χ0) is 12.1. The monoisotopic (exact) mass is 222 g/mol. The molecule has 0 heterocycles. The average molecular weight is 222 g/mol. The summed E-state index contributed by atoms with van der Waals surface area (Å²) in [5.74, 6) is 1.27. The molecule has 1 rings (SSSR count). The molecule has 0 bridgehead atoms. The lowest BCUT2D eigenvalue weighted by Gasteiger charge is -2.16. The number of nitrogens with one attached hydrogen (secondary N) is 1. The zero-order valence-electron chi connectivity index (χ0n) is 9.91. The van der Waals surface area contributed by atoms with Crippen molar-refractivity contribution < 1.29 is 9.47 Å². The second-order valence-electron chi connectivity index (χ2n) is 3.46. The van der Waals surface area contributed by atoms with E-state index in [1.807, 2.05) is 13.0 Å². The quantitative estimate of drug-likeness (QED) is 0.592. The Hall–Kier alpha value is -1.84. The fourth-order valence-corrected chi connectivity index (χ4v) is 1.32. The Bertz CT molecular complexity index is 378. The lowest BCUT2D eigenvalue weighted by Crippen LogP contribution is -2.13. The summed E-state index contributed by atoms with van der Waals surface area (Å²) in [4.78, 5) is 0. The first-order valence-electron chi connectivity index (χ1n) is 5.03. The molecule has 4 nitrogen and oxygen atoms in total. The third kappa shape index (κ3) is 2.59. The van der Waals surface area contributed by atoms with Gasteiger partial charge in [-0.3, -0.25) is 0 Å². The van der Waals surface area contributed by atoms with Crippen LogP contribution >= 0.6 is 0 Å². The number of hydrogen-bond acceptors (Lipinski definition) is 4. The zero-order valence-corrected chi connectivity index (χ0v) is 9.91. The molecule has 0 aliphatic rings. The van der Waals surface area contributed by atoms with Crippen molar-refractivity contribution in [2.75, 3.05) is 25.3 Å². The molecule has 1 aromatic carbocycles. The highest BCUT2D eigenvalue weighted by atomic mass is 16.5. The van der Waals surface area contributed by atoms with Crippen molar-refractivity contribution in [3.63, 3.8) is 0 Å². The minimum absolute atomic E-state index is 0.139. The lowest BCUT2D eigenvalue weighted by atomic mass is 10.2. The van der Waals surface area contributed by atoms with Crippen LogP contribution in [0.4, 0.5) is 11.4 Å². The fraction of sp³-hybridized carbons (Fsp3) is 0.333. The minimum Gasteiger partial charge on any atom is -0.493 e. The summed E-state index contributed by atoms with van der Waals surface area (Å²) in [6.45, 7) is 5.69. The molecule has 0 spiro atoms. The topological polar surface area (TPSA) is 56.5 Å². The molecule has 0 aliphatic heterocycles. The van der Waals surface area contributed by atoms with Crippen LogP contribution in [-0.4, -0.2) is 20.3 Å². The molecule has 0 radical (unpaired) electrons. The molecule has 3 N–H and O–H groups in total. The molecule has 1 unspecified atom stereocenters. The first-order chi connectivity index (χ1) is 7.62. The van der Waals surface area contributed by atoms with Gasteiger partial charge in [0.2, 0.25) is 0 Å². The van der Waals surface area contributed by atoms with E-state index in [0.717, 1.165) is 5.69 Å². The van der Waals surface area contributed by atoms with Gasteiger partial charge in [-0.25, -0.2) is 0 Å². The smallest absolute Gasteiger partial charge is 0.162 e. The van der Waals surface area contributed by atoms with E-state index in [9.17, 15) is 0 Å². The Balaban J connectivity index is 3.05. The van der Waals surface area contributed by atoms with Gasteiger partial charge < -0.3 is 20.5 Å². The van der Waals surface area contributed by atoms with Gasteiger partial charge in [0.05, 0.1) is 25.6 Å². The molecule has 4 heteroatoms. The SMILES string of the molecule is C=CC(C)Nc1cc(OC)c(OC)cc1N. The summed E-state index contributed by atoms with van der Waals surface area (Å²) >= 11 is 0. The van der Waals surface area contributed by atoms with Crippen LogP contribution in [0, 0.1) is 0 Å². The number of methoxy groups -OCH3 is 2. The summed E-state index contributed by atoms with van der Waals surface area (Å²) in [6, 6.07) is 3.69. The molecule has 1 atom stereocenters. The largest absolute Gasteiger partial charge is 0.493 e. The van der Waals surface area contributed by atoms with E-state index in [0.29, 0.717) is 17.2 Å². The predicted molar refractivity (Wildman–Crippen MR) is 67.2 cm³/mol. The minimum atomic E-state index is 0.139. The number of anilines is 2. The number of benzene rings is 1. The Morgan fingerprint density at radius 1 is 1.31 bits per heavy atom. The summed E-state index contributed by atoms with van der Waals surface area (Å²) < 4.78 is 10.4. The van der Waals surface area contributed by atoms with Gasteiger partial charge in [-0.2, -0.15) is 0 Å². The Labute approximate surface area is 96.0 Å². The van der Waals surface area contributed by atoms with Gasteiger partial charge in [0.25, 0.3) is 0 Å². The molecule has 16 heavy (non-hydrogen) atoms. The number of ether oxygens (including phenoxy) is 2. The standard InChI is InChI=1S/C12H18N2O2/c1-5-8(2)14-10-7-12(16-4)11(15-3)6-9(10)13/h5-8,14H,1,13H2,2-4H3. The van der Waals surface area contributed by atoms with Crippen molar-refractivity contribution in [3.8, 4) is 11.5 Å². The van der Waals surface area contributed by atoms with Crippen molar-refractivity contribution in [2.24, 2.45) is 0 Å². The molecule has 0 saturated carbocycles. The van der Waals surface area contributed by atoms with E-state index in [1.54, 1.807) is 26.4 Å². The Morgan fingerprint density at radius 3 is 2.38 bits per heavy atom. The molecule has 0 saturated heterocycles. The summed E-state index contributed by atoms with van der Waals surface area (Å²) in [5, 5.41) is 3.21. The number of hydrogen-bond donors (Lipinski definition) is 2. The average Bonchev–Trinajstić information content (AvgIpc) is 2.30. The fourth-order valence-electron chi connectivity index (χ4n) is 1.32. The third-order valence-electron chi connectivity index (χ3n) is 2.29. The Kier molecular flexibility index (Phi) is 4.05. The molecular formula is C12H18N2O2. The molecule has 0 fully saturated rings. The van der Waals surface area contributed by atoms with Crippen molar-refractivity contribution in [1.82, 2.24) is 0 Å². The number of nitrogens with two attached hydrogens (primary N) is 1.